The number of carbonyl (C=O) groups is 1. The number of nitrogens with one attached hydrogen (secondary N) is 1. The van der Waals surface area contributed by atoms with Crippen molar-refractivity contribution < 1.29 is 9.90 Å². The fraction of sp³-hybridized carbons (Fsp3) is 0.250. The first kappa shape index (κ1) is 12.4. The van der Waals surface area contributed by atoms with Gasteiger partial charge in [0.2, 0.25) is 5.91 Å². The van der Waals surface area contributed by atoms with E-state index in [0.29, 0.717) is 0 Å². The SMILES string of the molecule is C=C[C@@H](N[C@@H](CO)C(N)=O)c1ccccc1. The second kappa shape index (κ2) is 6.05. The van der Waals surface area contributed by atoms with Gasteiger partial charge in [0.1, 0.15) is 6.04 Å². The lowest BCUT2D eigenvalue weighted by Gasteiger charge is -2.20. The van der Waals surface area contributed by atoms with Crippen LogP contribution in [-0.2, 0) is 4.79 Å². The van der Waals surface area contributed by atoms with Gasteiger partial charge >= 0.3 is 0 Å². The summed E-state index contributed by atoms with van der Waals surface area (Å²) in [6, 6.07) is 8.55. The second-order valence-corrected chi connectivity index (χ2v) is 3.43. The molecule has 86 valence electrons. The van der Waals surface area contributed by atoms with E-state index in [2.05, 4.69) is 11.9 Å². The number of hydrogen-bond acceptors (Lipinski definition) is 3. The molecule has 0 aliphatic rings. The van der Waals surface area contributed by atoms with Gasteiger partial charge in [-0.05, 0) is 5.56 Å². The molecule has 0 saturated carbocycles. The maximum Gasteiger partial charge on any atom is 0.236 e. The summed E-state index contributed by atoms with van der Waals surface area (Å²) in [6.07, 6.45) is 1.67. The minimum absolute atomic E-state index is 0.203. The molecule has 0 unspecified atom stereocenters. The van der Waals surface area contributed by atoms with Gasteiger partial charge in [0, 0.05) is 0 Å². The summed E-state index contributed by atoms with van der Waals surface area (Å²) in [5, 5.41) is 11.9. The van der Waals surface area contributed by atoms with Crippen LogP contribution in [0.3, 0.4) is 0 Å². The first-order valence-corrected chi connectivity index (χ1v) is 5.02. The molecule has 0 aromatic heterocycles. The Morgan fingerprint density at radius 1 is 1.50 bits per heavy atom. The molecule has 0 aliphatic heterocycles. The minimum atomic E-state index is -0.761. The number of primary amides is 1. The number of benzene rings is 1. The van der Waals surface area contributed by atoms with Crippen LogP contribution in [0.15, 0.2) is 43.0 Å². The van der Waals surface area contributed by atoms with Crippen LogP contribution in [0.2, 0.25) is 0 Å². The fourth-order valence-electron chi connectivity index (χ4n) is 1.40. The molecular weight excluding hydrogens is 204 g/mol. The molecule has 4 N–H and O–H groups in total. The molecule has 1 aromatic rings. The van der Waals surface area contributed by atoms with Crippen molar-refractivity contribution in [3.05, 3.63) is 48.6 Å². The maximum atomic E-state index is 11.0. The third-order valence-corrected chi connectivity index (χ3v) is 2.30. The van der Waals surface area contributed by atoms with Gasteiger partial charge in [-0.3, -0.25) is 10.1 Å². The quantitative estimate of drug-likeness (QED) is 0.605. The van der Waals surface area contributed by atoms with E-state index in [1.165, 1.54) is 0 Å². The van der Waals surface area contributed by atoms with Crippen molar-refractivity contribution in [3.8, 4) is 0 Å². The van der Waals surface area contributed by atoms with Crippen molar-refractivity contribution in [2.24, 2.45) is 5.73 Å². The van der Waals surface area contributed by atoms with Gasteiger partial charge in [0.05, 0.1) is 12.6 Å². The van der Waals surface area contributed by atoms with Crippen LogP contribution >= 0.6 is 0 Å². The molecule has 1 amide bonds. The van der Waals surface area contributed by atoms with Crippen LogP contribution in [0.1, 0.15) is 11.6 Å². The number of aliphatic hydroxyl groups is 1. The Bertz CT molecular complexity index is 351. The maximum absolute atomic E-state index is 11.0. The van der Waals surface area contributed by atoms with Gasteiger partial charge < -0.3 is 10.8 Å². The van der Waals surface area contributed by atoms with Crippen molar-refractivity contribution in [1.29, 1.82) is 0 Å². The Hall–Kier alpha value is -1.65. The summed E-state index contributed by atoms with van der Waals surface area (Å²) in [6.45, 7) is 3.36. The van der Waals surface area contributed by atoms with Crippen LogP contribution in [0.4, 0.5) is 0 Å². The zero-order valence-corrected chi connectivity index (χ0v) is 8.97. The molecule has 1 rings (SSSR count). The summed E-state index contributed by atoms with van der Waals surface area (Å²) < 4.78 is 0. The largest absolute Gasteiger partial charge is 0.394 e. The Morgan fingerprint density at radius 2 is 2.12 bits per heavy atom. The summed E-state index contributed by atoms with van der Waals surface area (Å²) in [5.41, 5.74) is 6.10. The van der Waals surface area contributed by atoms with Crippen LogP contribution in [0.25, 0.3) is 0 Å². The zero-order valence-electron chi connectivity index (χ0n) is 8.97. The Balaban J connectivity index is 2.76. The summed E-state index contributed by atoms with van der Waals surface area (Å²) in [5.74, 6) is -0.578. The first-order chi connectivity index (χ1) is 7.69. The first-order valence-electron chi connectivity index (χ1n) is 5.02. The number of hydrogen-bond donors (Lipinski definition) is 3. The Labute approximate surface area is 94.8 Å². The van der Waals surface area contributed by atoms with Gasteiger partial charge in [0.15, 0.2) is 0 Å². The Kier molecular flexibility index (Phi) is 4.69. The van der Waals surface area contributed by atoms with Crippen LogP contribution in [-0.4, -0.2) is 23.7 Å². The Morgan fingerprint density at radius 3 is 2.56 bits per heavy atom. The molecule has 0 heterocycles. The van der Waals surface area contributed by atoms with Crippen molar-refractivity contribution >= 4 is 5.91 Å². The smallest absolute Gasteiger partial charge is 0.236 e. The molecule has 0 saturated heterocycles. The van der Waals surface area contributed by atoms with E-state index < -0.39 is 11.9 Å². The van der Waals surface area contributed by atoms with E-state index in [0.717, 1.165) is 5.56 Å². The molecule has 0 radical (unpaired) electrons. The number of aliphatic hydroxyl groups excluding tert-OH is 1. The summed E-state index contributed by atoms with van der Waals surface area (Å²) in [7, 11) is 0. The van der Waals surface area contributed by atoms with Crippen molar-refractivity contribution in [2.45, 2.75) is 12.1 Å². The molecule has 4 nitrogen and oxygen atoms in total. The van der Waals surface area contributed by atoms with Crippen LogP contribution in [0.5, 0.6) is 0 Å². The average molecular weight is 220 g/mol. The highest BCUT2D eigenvalue weighted by Crippen LogP contribution is 2.13. The van der Waals surface area contributed by atoms with E-state index in [-0.39, 0.29) is 12.6 Å². The highest BCUT2D eigenvalue weighted by atomic mass is 16.3. The summed E-state index contributed by atoms with van der Waals surface area (Å²) in [4.78, 5) is 11.0. The standard InChI is InChI=1S/C12H16N2O2/c1-2-10(9-6-4-3-5-7-9)14-11(8-15)12(13)16/h2-7,10-11,14-15H,1,8H2,(H2,13,16)/t10-,11+/m1/s1. The van der Waals surface area contributed by atoms with Crippen molar-refractivity contribution in [1.82, 2.24) is 5.32 Å². The molecular formula is C12H16N2O2. The molecule has 0 spiro atoms. The number of nitrogens with two attached hydrogens (primary N) is 1. The average Bonchev–Trinajstić information content (AvgIpc) is 2.31. The third kappa shape index (κ3) is 3.18. The van der Waals surface area contributed by atoms with Gasteiger partial charge in [0.25, 0.3) is 0 Å². The molecule has 2 atom stereocenters. The second-order valence-electron chi connectivity index (χ2n) is 3.43. The highest BCUT2D eigenvalue weighted by Gasteiger charge is 2.17. The molecule has 0 bridgehead atoms. The molecule has 0 fully saturated rings. The highest BCUT2D eigenvalue weighted by molar-refractivity contribution is 5.80. The third-order valence-electron chi connectivity index (χ3n) is 2.30. The van der Waals surface area contributed by atoms with E-state index in [4.69, 9.17) is 10.8 Å². The molecule has 1 aromatic carbocycles. The van der Waals surface area contributed by atoms with Crippen LogP contribution in [0, 0.1) is 0 Å². The van der Waals surface area contributed by atoms with E-state index in [1.807, 2.05) is 30.3 Å². The van der Waals surface area contributed by atoms with Gasteiger partial charge in [-0.2, -0.15) is 0 Å². The lowest BCUT2D eigenvalue weighted by Crippen LogP contribution is -2.45. The molecule has 4 heteroatoms. The number of amides is 1. The lowest BCUT2D eigenvalue weighted by molar-refractivity contribution is -0.121. The van der Waals surface area contributed by atoms with Gasteiger partial charge in [-0.15, -0.1) is 6.58 Å². The van der Waals surface area contributed by atoms with E-state index in [9.17, 15) is 4.79 Å². The minimum Gasteiger partial charge on any atom is -0.394 e. The van der Waals surface area contributed by atoms with Crippen molar-refractivity contribution in [3.63, 3.8) is 0 Å². The topological polar surface area (TPSA) is 75.3 Å². The normalized spacial score (nSPS) is 14.1. The molecule has 0 aliphatic carbocycles. The van der Waals surface area contributed by atoms with Gasteiger partial charge in [-0.1, -0.05) is 36.4 Å². The molecule has 16 heavy (non-hydrogen) atoms. The predicted octanol–water partition coefficient (Wildman–Crippen LogP) is 0.350. The zero-order chi connectivity index (χ0) is 12.0. The summed E-state index contributed by atoms with van der Waals surface area (Å²) >= 11 is 0. The van der Waals surface area contributed by atoms with Gasteiger partial charge in [-0.25, -0.2) is 0 Å². The van der Waals surface area contributed by atoms with E-state index >= 15 is 0 Å². The lowest BCUT2D eigenvalue weighted by atomic mass is 10.1. The van der Waals surface area contributed by atoms with E-state index in [1.54, 1.807) is 6.08 Å². The number of rotatable bonds is 6. The monoisotopic (exact) mass is 220 g/mol. The van der Waals surface area contributed by atoms with Crippen molar-refractivity contribution in [2.75, 3.05) is 6.61 Å². The number of carbonyl (C=O) groups excluding carboxylic acids is 1. The van der Waals surface area contributed by atoms with Crippen LogP contribution < -0.4 is 11.1 Å². The predicted molar refractivity (Wildman–Crippen MR) is 62.6 cm³/mol. The fourth-order valence-corrected chi connectivity index (χ4v) is 1.40.